The Hall–Kier alpha value is -1.18. The number of carbonyl (C=O) groups excluding carboxylic acids is 2. The van der Waals surface area contributed by atoms with Crippen LogP contribution in [0.3, 0.4) is 0 Å². The quantitative estimate of drug-likeness (QED) is 0.714. The highest BCUT2D eigenvalue weighted by Crippen LogP contribution is 2.64. The second kappa shape index (κ2) is 4.91. The third-order valence-electron chi connectivity index (χ3n) is 7.92. The molecule has 0 aliphatic heterocycles. The van der Waals surface area contributed by atoms with E-state index in [9.17, 15) is 9.59 Å². The molecule has 2 nitrogen and oxygen atoms in total. The highest BCUT2D eigenvalue weighted by Gasteiger charge is 2.59. The number of allylic oxidation sites excluding steroid dienone is 4. The average Bonchev–Trinajstić information content (AvgIpc) is 2.83. The van der Waals surface area contributed by atoms with Crippen LogP contribution in [0.5, 0.6) is 0 Å². The van der Waals surface area contributed by atoms with Crippen LogP contribution in [-0.2, 0) is 9.59 Å². The molecule has 0 radical (unpaired) electrons. The highest BCUT2D eigenvalue weighted by atomic mass is 16.1. The predicted molar refractivity (Wildman–Crippen MR) is 90.8 cm³/mol. The van der Waals surface area contributed by atoms with Gasteiger partial charge in [-0.25, -0.2) is 0 Å². The molecular weight excluding hydrogens is 284 g/mol. The predicted octanol–water partition coefficient (Wildman–Crippen LogP) is 4.50. The third kappa shape index (κ3) is 1.93. The lowest BCUT2D eigenvalue weighted by Gasteiger charge is -2.57. The fourth-order valence-electron chi connectivity index (χ4n) is 6.58. The van der Waals surface area contributed by atoms with E-state index in [1.165, 1.54) is 12.0 Å². The van der Waals surface area contributed by atoms with Gasteiger partial charge in [0.25, 0.3) is 0 Å². The lowest BCUT2D eigenvalue weighted by Crippen LogP contribution is -2.51. The maximum atomic E-state index is 12.5. The zero-order valence-corrected chi connectivity index (χ0v) is 14.6. The number of fused-ring (bicyclic) bond motifs is 5. The maximum absolute atomic E-state index is 12.5. The van der Waals surface area contributed by atoms with Gasteiger partial charge in [-0.3, -0.25) is 9.59 Å². The van der Waals surface area contributed by atoms with Crippen LogP contribution in [0.1, 0.15) is 59.3 Å². The zero-order chi connectivity index (χ0) is 16.4. The Balaban J connectivity index is 1.77. The minimum Gasteiger partial charge on any atom is -0.299 e. The van der Waals surface area contributed by atoms with Crippen LogP contribution in [0, 0.1) is 34.5 Å². The molecule has 2 heteroatoms. The topological polar surface area (TPSA) is 34.1 Å². The Morgan fingerprint density at radius 3 is 2.70 bits per heavy atom. The summed E-state index contributed by atoms with van der Waals surface area (Å²) in [6.45, 7) is 6.83. The summed E-state index contributed by atoms with van der Waals surface area (Å²) in [5.41, 5.74) is 1.34. The van der Waals surface area contributed by atoms with Crippen LogP contribution in [0.15, 0.2) is 23.8 Å². The van der Waals surface area contributed by atoms with E-state index in [1.54, 1.807) is 6.08 Å². The fraction of sp³-hybridized carbons (Fsp3) is 0.714. The summed E-state index contributed by atoms with van der Waals surface area (Å²) >= 11 is 0. The smallest absolute Gasteiger partial charge is 0.178 e. The number of hydrogen-bond acceptors (Lipinski definition) is 2. The van der Waals surface area contributed by atoms with Crippen molar-refractivity contribution in [1.29, 1.82) is 0 Å². The van der Waals surface area contributed by atoms with Crippen LogP contribution < -0.4 is 0 Å². The van der Waals surface area contributed by atoms with Gasteiger partial charge in [0.05, 0.1) is 0 Å². The molecule has 0 aromatic heterocycles. The molecule has 3 saturated carbocycles. The monoisotopic (exact) mass is 312 g/mol. The summed E-state index contributed by atoms with van der Waals surface area (Å²) in [6.07, 6.45) is 12.2. The molecule has 4 rings (SSSR count). The average molecular weight is 312 g/mol. The summed E-state index contributed by atoms with van der Waals surface area (Å²) in [5, 5.41) is 0. The summed E-state index contributed by atoms with van der Waals surface area (Å²) in [4.78, 5) is 24.4. The van der Waals surface area contributed by atoms with Crippen LogP contribution in [0.2, 0.25) is 0 Å². The molecule has 0 saturated heterocycles. The van der Waals surface area contributed by atoms with Crippen molar-refractivity contribution in [2.45, 2.75) is 59.3 Å². The van der Waals surface area contributed by atoms with E-state index in [0.717, 1.165) is 32.1 Å². The van der Waals surface area contributed by atoms with Gasteiger partial charge in [0.15, 0.2) is 5.78 Å². The van der Waals surface area contributed by atoms with E-state index in [-0.39, 0.29) is 16.6 Å². The van der Waals surface area contributed by atoms with E-state index in [4.69, 9.17) is 0 Å². The molecule has 0 spiro atoms. The summed E-state index contributed by atoms with van der Waals surface area (Å²) < 4.78 is 0. The minimum atomic E-state index is -0.0642. The first kappa shape index (κ1) is 15.4. The largest absolute Gasteiger partial charge is 0.299 e. The van der Waals surface area contributed by atoms with Gasteiger partial charge in [0, 0.05) is 17.3 Å². The van der Waals surface area contributed by atoms with E-state index in [2.05, 4.69) is 26.8 Å². The second-order valence-corrected chi connectivity index (χ2v) is 8.75. The van der Waals surface area contributed by atoms with Crippen molar-refractivity contribution in [2.75, 3.05) is 0 Å². The van der Waals surface area contributed by atoms with Gasteiger partial charge in [-0.2, -0.15) is 0 Å². The molecule has 0 amide bonds. The van der Waals surface area contributed by atoms with Gasteiger partial charge in [-0.15, -0.1) is 0 Å². The van der Waals surface area contributed by atoms with Crippen LogP contribution in [0.25, 0.3) is 0 Å². The Morgan fingerprint density at radius 1 is 1.17 bits per heavy atom. The zero-order valence-electron chi connectivity index (χ0n) is 14.6. The second-order valence-electron chi connectivity index (χ2n) is 8.75. The van der Waals surface area contributed by atoms with Crippen molar-refractivity contribution < 1.29 is 9.59 Å². The van der Waals surface area contributed by atoms with Crippen molar-refractivity contribution in [3.63, 3.8) is 0 Å². The maximum Gasteiger partial charge on any atom is 0.178 e. The van der Waals surface area contributed by atoms with E-state index >= 15 is 0 Å². The first-order valence-electron chi connectivity index (χ1n) is 9.38. The normalized spacial score (nSPS) is 48.6. The number of carbonyl (C=O) groups is 2. The molecule has 0 unspecified atom stereocenters. The van der Waals surface area contributed by atoms with Crippen molar-refractivity contribution in [2.24, 2.45) is 34.5 Å². The van der Waals surface area contributed by atoms with E-state index < -0.39 is 0 Å². The summed E-state index contributed by atoms with van der Waals surface area (Å²) in [7, 11) is 0. The van der Waals surface area contributed by atoms with E-state index in [0.29, 0.717) is 29.5 Å². The first-order chi connectivity index (χ1) is 10.9. The Morgan fingerprint density at radius 2 is 1.96 bits per heavy atom. The highest BCUT2D eigenvalue weighted by molar-refractivity contribution is 6.01. The van der Waals surface area contributed by atoms with Crippen LogP contribution in [0.4, 0.5) is 0 Å². The molecule has 0 heterocycles. The molecule has 4 aliphatic carbocycles. The number of rotatable bonds is 1. The molecular formula is C21H28O2. The van der Waals surface area contributed by atoms with Gasteiger partial charge in [0.2, 0.25) is 0 Å². The molecule has 4 aliphatic rings. The SMILES string of the molecule is CC[C@@H]1C[C@@H]2[C@H](CC[C@]3(C)C(=O)CC[C@@H]23)[C@@]2(C)C=CC(=O)C=C12. The molecule has 0 bridgehead atoms. The summed E-state index contributed by atoms with van der Waals surface area (Å²) in [5.74, 6) is 2.98. The van der Waals surface area contributed by atoms with E-state index in [1.807, 2.05) is 6.08 Å². The number of Topliss-reactive ketones (excluding diaryl/α,β-unsaturated/α-hetero) is 1. The van der Waals surface area contributed by atoms with Crippen molar-refractivity contribution >= 4 is 11.6 Å². The molecule has 0 aromatic carbocycles. The van der Waals surface area contributed by atoms with Gasteiger partial charge >= 0.3 is 0 Å². The van der Waals surface area contributed by atoms with Gasteiger partial charge < -0.3 is 0 Å². The number of ketones is 2. The van der Waals surface area contributed by atoms with Crippen LogP contribution >= 0.6 is 0 Å². The number of hydrogen-bond donors (Lipinski definition) is 0. The molecule has 0 aromatic rings. The molecule has 6 atom stereocenters. The minimum absolute atomic E-state index is 0.0322. The fourth-order valence-corrected chi connectivity index (χ4v) is 6.58. The standard InChI is InChI=1S/C21H28O2/c1-4-13-11-15-16-5-6-19(23)21(16,3)10-8-17(15)20(2)9-7-14(22)12-18(13)20/h7,9,12-13,15-17H,4-6,8,10-11H2,1-3H3/t13-,15+,16+,17+,20-,21+/m1/s1. The Kier molecular flexibility index (Phi) is 3.28. The van der Waals surface area contributed by atoms with Crippen molar-refractivity contribution in [1.82, 2.24) is 0 Å². The first-order valence-corrected chi connectivity index (χ1v) is 9.38. The third-order valence-corrected chi connectivity index (χ3v) is 7.92. The lowest BCUT2D eigenvalue weighted by molar-refractivity contribution is -0.132. The van der Waals surface area contributed by atoms with Crippen molar-refractivity contribution in [3.8, 4) is 0 Å². The molecule has 23 heavy (non-hydrogen) atoms. The summed E-state index contributed by atoms with van der Waals surface area (Å²) in [6, 6.07) is 0. The Bertz CT molecular complexity index is 628. The van der Waals surface area contributed by atoms with Gasteiger partial charge in [-0.1, -0.05) is 32.4 Å². The van der Waals surface area contributed by atoms with Gasteiger partial charge in [0.1, 0.15) is 5.78 Å². The molecule has 3 fully saturated rings. The Labute approximate surface area is 139 Å². The van der Waals surface area contributed by atoms with Crippen LogP contribution in [-0.4, -0.2) is 11.6 Å². The van der Waals surface area contributed by atoms with Crippen molar-refractivity contribution in [3.05, 3.63) is 23.8 Å². The van der Waals surface area contributed by atoms with Gasteiger partial charge in [-0.05, 0) is 67.9 Å². The molecule has 0 N–H and O–H groups in total. The molecule has 124 valence electrons. The lowest BCUT2D eigenvalue weighted by atomic mass is 9.46.